The number of aromatic nitrogens is 1. The molecule has 25 heavy (non-hydrogen) atoms. The normalized spacial score (nSPS) is 11.8. The van der Waals surface area contributed by atoms with E-state index in [9.17, 15) is 0 Å². The molecule has 1 N–H and O–H groups in total. The number of oxime groups is 1. The third kappa shape index (κ3) is 2.80. The van der Waals surface area contributed by atoms with Gasteiger partial charge < -0.3 is 14.6 Å². The summed E-state index contributed by atoms with van der Waals surface area (Å²) in [5.74, 6) is 0.775. The Kier molecular flexibility index (Phi) is 3.82. The first-order valence-electron chi connectivity index (χ1n) is 7.97. The van der Waals surface area contributed by atoms with Gasteiger partial charge >= 0.3 is 0 Å². The van der Waals surface area contributed by atoms with Crippen LogP contribution in [0.1, 0.15) is 12.5 Å². The SMILES string of the molecule is CO/N=C(/C)c1ccc(Nc2nc3ccccc3c3occc23)cc1. The molecule has 0 aliphatic rings. The highest BCUT2D eigenvalue weighted by atomic mass is 16.6. The molecule has 0 aliphatic carbocycles. The molecule has 2 aromatic heterocycles. The lowest BCUT2D eigenvalue weighted by Crippen LogP contribution is -1.98. The van der Waals surface area contributed by atoms with Crippen LogP contribution >= 0.6 is 0 Å². The zero-order valence-electron chi connectivity index (χ0n) is 14.0. The van der Waals surface area contributed by atoms with Crippen molar-refractivity contribution in [2.45, 2.75) is 6.92 Å². The van der Waals surface area contributed by atoms with E-state index in [1.165, 1.54) is 0 Å². The van der Waals surface area contributed by atoms with E-state index >= 15 is 0 Å². The largest absolute Gasteiger partial charge is 0.463 e. The van der Waals surface area contributed by atoms with E-state index in [0.717, 1.165) is 44.7 Å². The third-order valence-corrected chi connectivity index (χ3v) is 4.09. The highest BCUT2D eigenvalue weighted by Gasteiger charge is 2.11. The number of pyridine rings is 1. The lowest BCUT2D eigenvalue weighted by molar-refractivity contribution is 0.213. The van der Waals surface area contributed by atoms with E-state index < -0.39 is 0 Å². The van der Waals surface area contributed by atoms with Gasteiger partial charge in [0.1, 0.15) is 18.5 Å². The first-order valence-corrected chi connectivity index (χ1v) is 7.97. The summed E-state index contributed by atoms with van der Waals surface area (Å²) >= 11 is 0. The van der Waals surface area contributed by atoms with Crippen molar-refractivity contribution in [1.82, 2.24) is 4.98 Å². The molecule has 0 saturated heterocycles. The van der Waals surface area contributed by atoms with Gasteiger partial charge in [-0.1, -0.05) is 29.4 Å². The second kappa shape index (κ2) is 6.28. The topological polar surface area (TPSA) is 59.6 Å². The Labute approximate surface area is 144 Å². The van der Waals surface area contributed by atoms with Crippen molar-refractivity contribution in [3.05, 3.63) is 66.4 Å². The Hall–Kier alpha value is -3.34. The number of furan rings is 1. The molecule has 0 spiro atoms. The first-order chi connectivity index (χ1) is 12.3. The van der Waals surface area contributed by atoms with Crippen molar-refractivity contribution >= 4 is 39.1 Å². The van der Waals surface area contributed by atoms with Gasteiger partial charge in [0, 0.05) is 11.1 Å². The Morgan fingerprint density at radius 3 is 2.64 bits per heavy atom. The molecular formula is C20H17N3O2. The average molecular weight is 331 g/mol. The van der Waals surface area contributed by atoms with Crippen molar-refractivity contribution in [3.63, 3.8) is 0 Å². The van der Waals surface area contributed by atoms with E-state index in [-0.39, 0.29) is 0 Å². The van der Waals surface area contributed by atoms with Crippen LogP contribution in [0.2, 0.25) is 0 Å². The first kappa shape index (κ1) is 15.2. The molecule has 0 radical (unpaired) electrons. The molecule has 0 amide bonds. The van der Waals surface area contributed by atoms with Crippen LogP contribution in [0.15, 0.2) is 70.4 Å². The van der Waals surface area contributed by atoms with Crippen LogP contribution in [0.3, 0.4) is 0 Å². The zero-order valence-corrected chi connectivity index (χ0v) is 14.0. The quantitative estimate of drug-likeness (QED) is 0.418. The number of fused-ring (bicyclic) bond motifs is 3. The summed E-state index contributed by atoms with van der Waals surface area (Å²) < 4.78 is 5.68. The number of hydrogen-bond donors (Lipinski definition) is 1. The van der Waals surface area contributed by atoms with Gasteiger partial charge in [-0.25, -0.2) is 4.98 Å². The summed E-state index contributed by atoms with van der Waals surface area (Å²) in [4.78, 5) is 9.56. The highest BCUT2D eigenvalue weighted by Crippen LogP contribution is 2.31. The van der Waals surface area contributed by atoms with Crippen molar-refractivity contribution < 1.29 is 9.25 Å². The predicted octanol–water partition coefficient (Wildman–Crippen LogP) is 5.10. The van der Waals surface area contributed by atoms with Gasteiger partial charge in [0.15, 0.2) is 0 Å². The molecule has 0 unspecified atom stereocenters. The summed E-state index contributed by atoms with van der Waals surface area (Å²) in [7, 11) is 1.54. The summed E-state index contributed by atoms with van der Waals surface area (Å²) in [6.07, 6.45) is 1.69. The molecule has 0 fully saturated rings. The Morgan fingerprint density at radius 1 is 1.04 bits per heavy atom. The van der Waals surface area contributed by atoms with Crippen LogP contribution in [0.5, 0.6) is 0 Å². The number of para-hydroxylation sites is 1. The molecule has 5 nitrogen and oxygen atoms in total. The molecule has 0 atom stereocenters. The molecule has 2 heterocycles. The number of rotatable bonds is 4. The number of benzene rings is 2. The van der Waals surface area contributed by atoms with Crippen LogP contribution in [-0.2, 0) is 4.84 Å². The van der Waals surface area contributed by atoms with Gasteiger partial charge in [-0.15, -0.1) is 0 Å². The smallest absolute Gasteiger partial charge is 0.146 e. The summed E-state index contributed by atoms with van der Waals surface area (Å²) in [6.45, 7) is 1.91. The Balaban J connectivity index is 1.72. The molecule has 0 saturated carbocycles. The predicted molar refractivity (Wildman–Crippen MR) is 100 cm³/mol. The van der Waals surface area contributed by atoms with Crippen molar-refractivity contribution in [3.8, 4) is 0 Å². The van der Waals surface area contributed by atoms with E-state index in [4.69, 9.17) is 14.2 Å². The summed E-state index contributed by atoms with van der Waals surface area (Å²) in [5.41, 5.74) is 4.52. The van der Waals surface area contributed by atoms with Gasteiger partial charge in [-0.05, 0) is 42.8 Å². The number of nitrogens with one attached hydrogen (secondary N) is 1. The van der Waals surface area contributed by atoms with E-state index in [1.807, 2.05) is 61.5 Å². The molecule has 0 aliphatic heterocycles. The van der Waals surface area contributed by atoms with Crippen LogP contribution in [-0.4, -0.2) is 17.8 Å². The third-order valence-electron chi connectivity index (χ3n) is 4.09. The Bertz CT molecular complexity index is 1070. The monoisotopic (exact) mass is 331 g/mol. The van der Waals surface area contributed by atoms with Gasteiger partial charge in [0.05, 0.1) is 22.9 Å². The minimum atomic E-state index is 0.775. The Morgan fingerprint density at radius 2 is 1.84 bits per heavy atom. The maximum atomic E-state index is 5.68. The van der Waals surface area contributed by atoms with Crippen molar-refractivity contribution in [2.75, 3.05) is 12.4 Å². The van der Waals surface area contributed by atoms with Crippen LogP contribution in [0, 0.1) is 0 Å². The standard InChI is InChI=1S/C20H17N3O2/c1-13(23-24-2)14-7-9-15(10-8-14)21-20-17-11-12-25-19(17)16-5-3-4-6-18(16)22-20/h3-12H,1-2H3,(H,21,22)/b23-13-. The van der Waals surface area contributed by atoms with Gasteiger partial charge in [0.2, 0.25) is 0 Å². The number of nitrogens with zero attached hydrogens (tertiary/aromatic N) is 2. The minimum Gasteiger partial charge on any atom is -0.463 e. The van der Waals surface area contributed by atoms with Crippen LogP contribution in [0.4, 0.5) is 11.5 Å². The van der Waals surface area contributed by atoms with Gasteiger partial charge in [-0.3, -0.25) is 0 Å². The molecule has 2 aromatic carbocycles. The molecular weight excluding hydrogens is 314 g/mol. The second-order valence-electron chi connectivity index (χ2n) is 5.70. The minimum absolute atomic E-state index is 0.775. The average Bonchev–Trinajstić information content (AvgIpc) is 3.13. The highest BCUT2D eigenvalue weighted by molar-refractivity contribution is 6.07. The maximum Gasteiger partial charge on any atom is 0.146 e. The fraction of sp³-hybridized carbons (Fsp3) is 0.100. The summed E-state index contributed by atoms with van der Waals surface area (Å²) in [5, 5.41) is 9.30. The molecule has 5 heteroatoms. The van der Waals surface area contributed by atoms with Crippen molar-refractivity contribution in [2.24, 2.45) is 5.16 Å². The van der Waals surface area contributed by atoms with E-state index in [0.29, 0.717) is 0 Å². The zero-order chi connectivity index (χ0) is 17.2. The lowest BCUT2D eigenvalue weighted by atomic mass is 10.1. The van der Waals surface area contributed by atoms with E-state index in [2.05, 4.69) is 10.5 Å². The molecule has 4 aromatic rings. The number of hydrogen-bond acceptors (Lipinski definition) is 5. The summed E-state index contributed by atoms with van der Waals surface area (Å²) in [6, 6.07) is 17.9. The molecule has 124 valence electrons. The molecule has 4 rings (SSSR count). The van der Waals surface area contributed by atoms with Crippen LogP contribution < -0.4 is 5.32 Å². The molecule has 0 bridgehead atoms. The van der Waals surface area contributed by atoms with Gasteiger partial charge in [-0.2, -0.15) is 0 Å². The maximum absolute atomic E-state index is 5.68. The van der Waals surface area contributed by atoms with Gasteiger partial charge in [0.25, 0.3) is 0 Å². The fourth-order valence-electron chi connectivity index (χ4n) is 2.86. The van der Waals surface area contributed by atoms with Crippen LogP contribution in [0.25, 0.3) is 21.9 Å². The fourth-order valence-corrected chi connectivity index (χ4v) is 2.86. The lowest BCUT2D eigenvalue weighted by Gasteiger charge is -2.09. The second-order valence-corrected chi connectivity index (χ2v) is 5.70. The van der Waals surface area contributed by atoms with E-state index in [1.54, 1.807) is 13.4 Å². The van der Waals surface area contributed by atoms with Crippen molar-refractivity contribution in [1.29, 1.82) is 0 Å². The number of anilines is 2.